The van der Waals surface area contributed by atoms with E-state index in [2.05, 4.69) is 10.3 Å². The number of nitrogens with zero attached hydrogens (tertiary/aromatic N) is 2. The maximum atomic E-state index is 13.3. The second-order valence-electron chi connectivity index (χ2n) is 10.4. The lowest BCUT2D eigenvalue weighted by Crippen LogP contribution is -2.46. The van der Waals surface area contributed by atoms with Gasteiger partial charge >= 0.3 is 6.18 Å². The number of pyridine rings is 1. The minimum atomic E-state index is -4.45. The smallest absolute Gasteiger partial charge is 0.380 e. The molecule has 3 heterocycles. The van der Waals surface area contributed by atoms with E-state index in [1.807, 2.05) is 17.9 Å². The molecule has 3 aromatic rings. The molecule has 1 atom stereocenters. The van der Waals surface area contributed by atoms with Crippen molar-refractivity contribution in [1.29, 1.82) is 0 Å². The molecule has 1 saturated heterocycles. The summed E-state index contributed by atoms with van der Waals surface area (Å²) in [4.78, 5) is 31.6. The summed E-state index contributed by atoms with van der Waals surface area (Å²) in [6, 6.07) is 12.0. The van der Waals surface area contributed by atoms with E-state index in [4.69, 9.17) is 10.5 Å². The summed E-state index contributed by atoms with van der Waals surface area (Å²) in [7, 11) is 0. The number of amides is 2. The molecule has 2 aromatic carbocycles. The van der Waals surface area contributed by atoms with Gasteiger partial charge in [0.2, 0.25) is 5.91 Å². The van der Waals surface area contributed by atoms with Crippen molar-refractivity contribution in [3.05, 3.63) is 94.8 Å². The highest BCUT2D eigenvalue weighted by Gasteiger charge is 2.32. The fraction of sp³-hybridized carbons (Fsp3) is 0.323. The third-order valence-corrected chi connectivity index (χ3v) is 7.61. The number of halogens is 3. The van der Waals surface area contributed by atoms with Crippen LogP contribution in [0.25, 0.3) is 16.7 Å². The molecular weight excluding hydrogens is 533 g/mol. The largest absolute Gasteiger partial charge is 0.416 e. The van der Waals surface area contributed by atoms with Gasteiger partial charge in [0.15, 0.2) is 0 Å². The molecule has 0 radical (unpaired) electrons. The third-order valence-electron chi connectivity index (χ3n) is 7.61. The standard InChI is InChI=1S/C31H31F3N4O3/c1-19(20-2-4-22(5-3-20)28-13-27(31(32,33)34)7-6-23(28)14-35)37-29(39)25-12-24(15-36-16-25)21-8-10-38(11-9-21)30(40)26-17-41-18-26/h2-8,12-13,15-16,19,26H,9-11,14,17-18,35H2,1H3,(H,37,39). The number of nitrogens with two attached hydrogens (primary N) is 1. The molecule has 214 valence electrons. The zero-order valence-electron chi connectivity index (χ0n) is 22.6. The maximum absolute atomic E-state index is 13.3. The number of alkyl halides is 3. The van der Waals surface area contributed by atoms with E-state index in [0.29, 0.717) is 55.0 Å². The average molecular weight is 565 g/mol. The van der Waals surface area contributed by atoms with Crippen molar-refractivity contribution in [2.45, 2.75) is 32.1 Å². The Bertz CT molecular complexity index is 1470. The zero-order chi connectivity index (χ0) is 29.1. The summed E-state index contributed by atoms with van der Waals surface area (Å²) in [5.74, 6) is -0.215. The van der Waals surface area contributed by atoms with Gasteiger partial charge in [-0.2, -0.15) is 13.2 Å². The van der Waals surface area contributed by atoms with E-state index in [1.165, 1.54) is 12.3 Å². The summed E-state index contributed by atoms with van der Waals surface area (Å²) in [5.41, 5.74) is 9.77. The van der Waals surface area contributed by atoms with Crippen LogP contribution in [0.3, 0.4) is 0 Å². The summed E-state index contributed by atoms with van der Waals surface area (Å²) >= 11 is 0. The van der Waals surface area contributed by atoms with E-state index >= 15 is 0 Å². The van der Waals surface area contributed by atoms with Gasteiger partial charge in [0, 0.05) is 32.0 Å². The molecule has 2 aliphatic heterocycles. The van der Waals surface area contributed by atoms with E-state index in [1.54, 1.807) is 36.5 Å². The van der Waals surface area contributed by atoms with Gasteiger partial charge in [-0.25, -0.2) is 0 Å². The van der Waals surface area contributed by atoms with Crippen LogP contribution in [-0.4, -0.2) is 48.0 Å². The molecule has 0 spiro atoms. The molecule has 1 aromatic heterocycles. The fourth-order valence-corrected chi connectivity index (χ4v) is 5.02. The molecule has 10 heteroatoms. The molecule has 3 N–H and O–H groups in total. The normalized spacial score (nSPS) is 16.5. The van der Waals surface area contributed by atoms with Crippen LogP contribution >= 0.6 is 0 Å². The Balaban J connectivity index is 1.25. The number of hydrogen-bond donors (Lipinski definition) is 2. The maximum Gasteiger partial charge on any atom is 0.416 e. The molecule has 7 nitrogen and oxygen atoms in total. The first kappa shape index (κ1) is 28.5. The van der Waals surface area contributed by atoms with Crippen LogP contribution in [0.1, 0.15) is 52.0 Å². The van der Waals surface area contributed by atoms with Crippen molar-refractivity contribution in [2.24, 2.45) is 11.7 Å². The van der Waals surface area contributed by atoms with Crippen LogP contribution in [0, 0.1) is 5.92 Å². The monoisotopic (exact) mass is 564 g/mol. The molecule has 1 unspecified atom stereocenters. The van der Waals surface area contributed by atoms with Crippen molar-refractivity contribution >= 4 is 17.4 Å². The summed E-state index contributed by atoms with van der Waals surface area (Å²) < 4.78 is 44.9. The van der Waals surface area contributed by atoms with Gasteiger partial charge in [-0.3, -0.25) is 14.6 Å². The lowest BCUT2D eigenvalue weighted by atomic mass is 9.95. The van der Waals surface area contributed by atoms with Crippen molar-refractivity contribution in [3.8, 4) is 11.1 Å². The second-order valence-corrected chi connectivity index (χ2v) is 10.4. The number of carbonyl (C=O) groups is 2. The van der Waals surface area contributed by atoms with Crippen LogP contribution in [0.15, 0.2) is 67.0 Å². The molecule has 0 aliphatic carbocycles. The van der Waals surface area contributed by atoms with Gasteiger partial charge in [0.05, 0.1) is 36.3 Å². The lowest BCUT2D eigenvalue weighted by Gasteiger charge is -2.33. The van der Waals surface area contributed by atoms with Crippen LogP contribution < -0.4 is 11.1 Å². The Hall–Kier alpha value is -4.02. The molecule has 2 amide bonds. The number of benzene rings is 2. The molecule has 5 rings (SSSR count). The Labute approximate surface area is 236 Å². The molecular formula is C31H31F3N4O3. The van der Waals surface area contributed by atoms with Crippen molar-refractivity contribution in [2.75, 3.05) is 26.3 Å². The van der Waals surface area contributed by atoms with E-state index in [-0.39, 0.29) is 30.3 Å². The number of carbonyl (C=O) groups excluding carboxylic acids is 2. The minimum absolute atomic E-state index is 0.0409. The quantitative estimate of drug-likeness (QED) is 0.422. The molecule has 2 aliphatic rings. The minimum Gasteiger partial charge on any atom is -0.380 e. The molecule has 1 fully saturated rings. The predicted molar refractivity (Wildman–Crippen MR) is 148 cm³/mol. The van der Waals surface area contributed by atoms with Crippen molar-refractivity contribution in [1.82, 2.24) is 15.2 Å². The lowest BCUT2D eigenvalue weighted by molar-refractivity contribution is -0.149. The average Bonchev–Trinajstić information content (AvgIpc) is 2.95. The van der Waals surface area contributed by atoms with Gasteiger partial charge in [-0.15, -0.1) is 0 Å². The van der Waals surface area contributed by atoms with Gasteiger partial charge < -0.3 is 20.7 Å². The fourth-order valence-electron chi connectivity index (χ4n) is 5.02. The first-order valence-electron chi connectivity index (χ1n) is 13.5. The summed E-state index contributed by atoms with van der Waals surface area (Å²) in [5, 5.41) is 2.97. The molecule has 0 saturated carbocycles. The van der Waals surface area contributed by atoms with Crippen LogP contribution in [0.5, 0.6) is 0 Å². The first-order valence-corrected chi connectivity index (χ1v) is 13.5. The van der Waals surface area contributed by atoms with Crippen LogP contribution in [-0.2, 0) is 22.3 Å². The summed E-state index contributed by atoms with van der Waals surface area (Å²) in [6.45, 7) is 4.04. The Morgan fingerprint density at radius 1 is 1.10 bits per heavy atom. The van der Waals surface area contributed by atoms with E-state index in [0.717, 1.165) is 28.8 Å². The Morgan fingerprint density at radius 3 is 2.46 bits per heavy atom. The second kappa shape index (κ2) is 11.8. The summed E-state index contributed by atoms with van der Waals surface area (Å²) in [6.07, 6.45) is 1.44. The Kier molecular flexibility index (Phi) is 8.23. The van der Waals surface area contributed by atoms with Gasteiger partial charge in [-0.1, -0.05) is 36.4 Å². The highest BCUT2D eigenvalue weighted by molar-refractivity contribution is 5.95. The van der Waals surface area contributed by atoms with Crippen molar-refractivity contribution in [3.63, 3.8) is 0 Å². The Morgan fingerprint density at radius 2 is 1.85 bits per heavy atom. The van der Waals surface area contributed by atoms with Crippen LogP contribution in [0.2, 0.25) is 0 Å². The van der Waals surface area contributed by atoms with Crippen LogP contribution in [0.4, 0.5) is 13.2 Å². The number of aromatic nitrogens is 1. The number of rotatable bonds is 7. The third kappa shape index (κ3) is 6.34. The molecule has 0 bridgehead atoms. The highest BCUT2D eigenvalue weighted by atomic mass is 19.4. The highest BCUT2D eigenvalue weighted by Crippen LogP contribution is 2.34. The number of hydrogen-bond acceptors (Lipinski definition) is 5. The topological polar surface area (TPSA) is 97.5 Å². The van der Waals surface area contributed by atoms with Gasteiger partial charge in [0.1, 0.15) is 0 Å². The van der Waals surface area contributed by atoms with Gasteiger partial charge in [0.25, 0.3) is 5.91 Å². The molecule has 41 heavy (non-hydrogen) atoms. The first-order chi connectivity index (χ1) is 19.6. The van der Waals surface area contributed by atoms with E-state index in [9.17, 15) is 22.8 Å². The predicted octanol–water partition coefficient (Wildman–Crippen LogP) is 4.98. The zero-order valence-corrected chi connectivity index (χ0v) is 22.6. The van der Waals surface area contributed by atoms with Crippen molar-refractivity contribution < 1.29 is 27.5 Å². The SMILES string of the molecule is CC(NC(=O)c1cncc(C2=CCN(C(=O)C3COC3)CC2)c1)c1ccc(-c2cc(C(F)(F)F)ccc2CN)cc1. The number of ether oxygens (including phenoxy) is 1. The van der Waals surface area contributed by atoms with Gasteiger partial charge in [-0.05, 0) is 64.9 Å². The number of nitrogens with one attached hydrogen (secondary N) is 1. The van der Waals surface area contributed by atoms with E-state index < -0.39 is 11.7 Å².